The van der Waals surface area contributed by atoms with E-state index in [9.17, 15) is 0 Å². The molecule has 1 aliphatic rings. The van der Waals surface area contributed by atoms with Gasteiger partial charge in [-0.25, -0.2) is 4.98 Å². The van der Waals surface area contributed by atoms with Gasteiger partial charge in [0.05, 0.1) is 16.7 Å². The van der Waals surface area contributed by atoms with E-state index in [1.54, 1.807) is 0 Å². The maximum absolute atomic E-state index is 5.28. The Hall–Kier alpha value is -2.10. The van der Waals surface area contributed by atoms with Gasteiger partial charge in [0.25, 0.3) is 0 Å². The fraction of sp³-hybridized carbons (Fsp3) is 0.444. The van der Waals surface area contributed by atoms with Crippen LogP contribution in [-0.2, 0) is 0 Å². The normalized spacial score (nSPS) is 14.0. The molecule has 0 aliphatic heterocycles. The zero-order valence-corrected chi connectivity index (χ0v) is 13.9. The quantitative estimate of drug-likeness (QED) is 0.720. The van der Waals surface area contributed by atoms with Crippen molar-refractivity contribution in [1.82, 2.24) is 15.1 Å². The molecule has 0 bridgehead atoms. The van der Waals surface area contributed by atoms with Crippen LogP contribution in [0.4, 0.5) is 0 Å². The molecule has 0 radical (unpaired) electrons. The van der Waals surface area contributed by atoms with Crippen molar-refractivity contribution in [2.45, 2.75) is 53.4 Å². The summed E-state index contributed by atoms with van der Waals surface area (Å²) in [6.07, 6.45) is 2.52. The lowest BCUT2D eigenvalue weighted by atomic mass is 10.0. The number of imidazole rings is 1. The largest absolute Gasteiger partial charge is 0.361 e. The van der Waals surface area contributed by atoms with Crippen LogP contribution in [0.25, 0.3) is 22.2 Å². The average molecular weight is 297 g/mol. The fourth-order valence-corrected chi connectivity index (χ4v) is 2.90. The summed E-state index contributed by atoms with van der Waals surface area (Å²) in [5.41, 5.74) is 6.57. The number of rotatable bonds is 2. The summed E-state index contributed by atoms with van der Waals surface area (Å²) in [6, 6.07) is 4.33. The number of hydrogen-bond donors (Lipinski definition) is 1. The molecule has 4 nitrogen and oxygen atoms in total. The Labute approximate surface area is 130 Å². The highest BCUT2D eigenvalue weighted by molar-refractivity contribution is 5.86. The Balaban J connectivity index is 0.000000693. The van der Waals surface area contributed by atoms with Crippen molar-refractivity contribution in [1.29, 1.82) is 0 Å². The lowest BCUT2D eigenvalue weighted by Gasteiger charge is -2.03. The van der Waals surface area contributed by atoms with Crippen LogP contribution in [0.5, 0.6) is 0 Å². The molecule has 0 amide bonds. The average Bonchev–Trinajstić information content (AvgIpc) is 3.18. The lowest BCUT2D eigenvalue weighted by molar-refractivity contribution is 0.393. The number of nitrogens with zero attached hydrogens (tertiary/aromatic N) is 2. The standard InChI is InChI=1S/C16H17N3O.C2H6/c1-8-6-12(14-9(2)19-20-10(14)3)7-13-15(8)18-16(17-13)11-4-5-11;1-2/h6-7,11H,4-5H2,1-3H3,(H,17,18);1-2H3. The predicted octanol–water partition coefficient (Wildman–Crippen LogP) is 5.05. The number of aromatic nitrogens is 3. The van der Waals surface area contributed by atoms with E-state index in [0.717, 1.165) is 39.4 Å². The van der Waals surface area contributed by atoms with Crippen LogP contribution in [0.1, 0.15) is 55.4 Å². The van der Waals surface area contributed by atoms with Crippen LogP contribution in [0, 0.1) is 20.8 Å². The van der Waals surface area contributed by atoms with Crippen molar-refractivity contribution in [3.63, 3.8) is 0 Å². The third-order valence-corrected chi connectivity index (χ3v) is 4.08. The van der Waals surface area contributed by atoms with Crippen LogP contribution in [0.3, 0.4) is 0 Å². The molecule has 22 heavy (non-hydrogen) atoms. The highest BCUT2D eigenvalue weighted by Crippen LogP contribution is 2.40. The Kier molecular flexibility index (Phi) is 3.77. The van der Waals surface area contributed by atoms with Gasteiger partial charge in [0.15, 0.2) is 0 Å². The number of H-pyrrole nitrogens is 1. The number of aryl methyl sites for hydroxylation is 3. The van der Waals surface area contributed by atoms with E-state index in [1.165, 1.54) is 18.4 Å². The third kappa shape index (κ3) is 2.43. The van der Waals surface area contributed by atoms with Gasteiger partial charge in [0.1, 0.15) is 11.6 Å². The monoisotopic (exact) mass is 297 g/mol. The lowest BCUT2D eigenvalue weighted by Crippen LogP contribution is -1.85. The summed E-state index contributed by atoms with van der Waals surface area (Å²) in [5.74, 6) is 2.64. The zero-order valence-electron chi connectivity index (χ0n) is 13.9. The third-order valence-electron chi connectivity index (χ3n) is 4.08. The maximum Gasteiger partial charge on any atom is 0.141 e. The molecule has 4 heteroatoms. The van der Waals surface area contributed by atoms with Crippen molar-refractivity contribution in [2.75, 3.05) is 0 Å². The molecule has 0 spiro atoms. The molecular formula is C18H23N3O. The first-order valence-electron chi connectivity index (χ1n) is 8.07. The van der Waals surface area contributed by atoms with Crippen molar-refractivity contribution >= 4 is 11.0 Å². The molecule has 0 unspecified atom stereocenters. The highest BCUT2D eigenvalue weighted by Gasteiger charge is 2.27. The number of aromatic amines is 1. The Morgan fingerprint density at radius 1 is 1.14 bits per heavy atom. The van der Waals surface area contributed by atoms with Crippen molar-refractivity contribution < 1.29 is 4.52 Å². The summed E-state index contributed by atoms with van der Waals surface area (Å²) in [4.78, 5) is 8.22. The smallest absolute Gasteiger partial charge is 0.141 e. The minimum Gasteiger partial charge on any atom is -0.361 e. The van der Waals surface area contributed by atoms with Crippen LogP contribution in [0.15, 0.2) is 16.7 Å². The fourth-order valence-electron chi connectivity index (χ4n) is 2.90. The van der Waals surface area contributed by atoms with Gasteiger partial charge in [0, 0.05) is 11.5 Å². The Morgan fingerprint density at radius 2 is 1.86 bits per heavy atom. The number of hydrogen-bond acceptors (Lipinski definition) is 3. The maximum atomic E-state index is 5.28. The molecule has 0 atom stereocenters. The molecule has 0 saturated heterocycles. The summed E-state index contributed by atoms with van der Waals surface area (Å²) in [5, 5.41) is 4.04. The minimum absolute atomic E-state index is 0.643. The topological polar surface area (TPSA) is 54.7 Å². The molecule has 116 valence electrons. The summed E-state index contributed by atoms with van der Waals surface area (Å²) in [7, 11) is 0. The van der Waals surface area contributed by atoms with E-state index in [2.05, 4.69) is 29.2 Å². The van der Waals surface area contributed by atoms with E-state index in [1.807, 2.05) is 27.7 Å². The van der Waals surface area contributed by atoms with Gasteiger partial charge in [-0.2, -0.15) is 0 Å². The van der Waals surface area contributed by atoms with Crippen LogP contribution < -0.4 is 0 Å². The van der Waals surface area contributed by atoms with Gasteiger partial charge >= 0.3 is 0 Å². The number of fused-ring (bicyclic) bond motifs is 1. The van der Waals surface area contributed by atoms with Crippen molar-refractivity contribution in [3.8, 4) is 11.1 Å². The number of benzene rings is 1. The Bertz CT molecular complexity index is 790. The van der Waals surface area contributed by atoms with Gasteiger partial charge in [-0.15, -0.1) is 0 Å². The van der Waals surface area contributed by atoms with Gasteiger partial charge in [-0.1, -0.05) is 19.0 Å². The van der Waals surface area contributed by atoms with E-state index >= 15 is 0 Å². The number of nitrogens with one attached hydrogen (secondary N) is 1. The SMILES string of the molecule is CC.Cc1noc(C)c1-c1cc(C)c2nc(C3CC3)[nH]c2c1. The molecule has 2 heterocycles. The van der Waals surface area contributed by atoms with E-state index < -0.39 is 0 Å². The zero-order chi connectivity index (χ0) is 15.9. The van der Waals surface area contributed by atoms with Crippen molar-refractivity contribution in [2.24, 2.45) is 0 Å². The second kappa shape index (κ2) is 5.59. The molecule has 4 rings (SSSR count). The van der Waals surface area contributed by atoms with Crippen LogP contribution >= 0.6 is 0 Å². The van der Waals surface area contributed by atoms with Crippen LogP contribution in [0.2, 0.25) is 0 Å². The van der Waals surface area contributed by atoms with E-state index in [0.29, 0.717) is 5.92 Å². The minimum atomic E-state index is 0.643. The van der Waals surface area contributed by atoms with Gasteiger partial charge in [0.2, 0.25) is 0 Å². The Morgan fingerprint density at radius 3 is 2.45 bits per heavy atom. The second-order valence-corrected chi connectivity index (χ2v) is 5.78. The molecule has 1 fully saturated rings. The summed E-state index contributed by atoms with van der Waals surface area (Å²) < 4.78 is 5.28. The first-order valence-corrected chi connectivity index (χ1v) is 8.07. The molecular weight excluding hydrogens is 274 g/mol. The van der Waals surface area contributed by atoms with Gasteiger partial charge in [-0.05, 0) is 56.9 Å². The first kappa shape index (κ1) is 14.8. The highest BCUT2D eigenvalue weighted by atomic mass is 16.5. The van der Waals surface area contributed by atoms with Crippen LogP contribution in [-0.4, -0.2) is 15.1 Å². The van der Waals surface area contributed by atoms with Crippen molar-refractivity contribution in [3.05, 3.63) is 35.0 Å². The first-order chi connectivity index (χ1) is 10.6. The molecule has 1 N–H and O–H groups in total. The molecule has 1 aromatic carbocycles. The van der Waals surface area contributed by atoms with Gasteiger partial charge in [-0.3, -0.25) is 0 Å². The van der Waals surface area contributed by atoms with E-state index in [4.69, 9.17) is 9.51 Å². The molecule has 1 aliphatic carbocycles. The summed E-state index contributed by atoms with van der Waals surface area (Å²) >= 11 is 0. The molecule has 3 aromatic rings. The van der Waals surface area contributed by atoms with E-state index in [-0.39, 0.29) is 0 Å². The molecule has 1 saturated carbocycles. The molecule has 2 aromatic heterocycles. The second-order valence-electron chi connectivity index (χ2n) is 5.78. The predicted molar refractivity (Wildman–Crippen MR) is 89.1 cm³/mol. The summed E-state index contributed by atoms with van der Waals surface area (Å²) in [6.45, 7) is 10.0. The van der Waals surface area contributed by atoms with Gasteiger partial charge < -0.3 is 9.51 Å².